The highest BCUT2D eigenvalue weighted by molar-refractivity contribution is 9.09. The van der Waals surface area contributed by atoms with Crippen LogP contribution in [0.25, 0.3) is 15.7 Å². The van der Waals surface area contributed by atoms with E-state index in [1.54, 1.807) is 36.5 Å². The molecule has 4 rings (SSSR count). The van der Waals surface area contributed by atoms with E-state index in [1.165, 1.54) is 0 Å². The fraction of sp³-hybridized carbons (Fsp3) is 0.100. The van der Waals surface area contributed by atoms with Crippen molar-refractivity contribution in [1.82, 2.24) is 9.38 Å². The van der Waals surface area contributed by atoms with E-state index in [4.69, 9.17) is 0 Å². The second-order valence-electron chi connectivity index (χ2n) is 6.39. The highest BCUT2D eigenvalue weighted by atomic mass is 79.9. The molecule has 0 saturated heterocycles. The monoisotopic (exact) mass is 443 g/mol. The van der Waals surface area contributed by atoms with Gasteiger partial charge in [0.1, 0.15) is 21.7 Å². The summed E-state index contributed by atoms with van der Waals surface area (Å²) in [4.78, 5) is 4.16. The third kappa shape index (κ3) is 3.17. The molecule has 0 bridgehead atoms. The van der Waals surface area contributed by atoms with Crippen molar-refractivity contribution in [3.8, 4) is 0 Å². The Morgan fingerprint density at radius 2 is 1.78 bits per heavy atom. The third-order valence-corrected chi connectivity index (χ3v) is 6.78. The lowest BCUT2D eigenvalue weighted by Gasteiger charge is -2.47. The number of nitrogens with zero attached hydrogens (tertiary/aromatic N) is 3. The highest BCUT2D eigenvalue weighted by Gasteiger charge is 2.33. The van der Waals surface area contributed by atoms with Gasteiger partial charge >= 0.3 is 0 Å². The number of benzene rings is 2. The quantitative estimate of drug-likeness (QED) is 0.328. The van der Waals surface area contributed by atoms with Crippen LogP contribution in [0.4, 0.5) is 0 Å². The number of quaternary nitrogens is 1. The van der Waals surface area contributed by atoms with Gasteiger partial charge in [0, 0.05) is 5.39 Å². The van der Waals surface area contributed by atoms with Crippen molar-refractivity contribution in [3.63, 3.8) is 0 Å². The molecule has 1 aliphatic rings. The van der Waals surface area contributed by atoms with Crippen molar-refractivity contribution in [1.29, 1.82) is 0 Å². The van der Waals surface area contributed by atoms with E-state index in [0.29, 0.717) is 0 Å². The van der Waals surface area contributed by atoms with E-state index >= 15 is 0 Å². The molecule has 5 nitrogen and oxygen atoms in total. The molecule has 0 amide bonds. The zero-order chi connectivity index (χ0) is 19.1. The van der Waals surface area contributed by atoms with Crippen LogP contribution in [0.15, 0.2) is 90.1 Å². The maximum atomic E-state index is 13.1. The van der Waals surface area contributed by atoms with E-state index in [1.807, 2.05) is 60.3 Å². The number of sulfonamides is 1. The molecule has 2 heterocycles. The topological polar surface area (TPSA) is 53.2 Å². The maximum Gasteiger partial charge on any atom is 0.181 e. The predicted octanol–water partition coefficient (Wildman–Crippen LogP) is 4.87. The summed E-state index contributed by atoms with van der Waals surface area (Å²) in [6.45, 7) is 1.92. The molecule has 2 unspecified atom stereocenters. The standard InChI is InChI=1S/C20H18BrN3O2S/c1-16-9-11-18(12-10-16)27(25,26)22-24(15-5-4-8-20(24)21)23-14-13-17-6-2-3-7-19(17)23/h2-15,20H,1H3. The summed E-state index contributed by atoms with van der Waals surface area (Å²) in [7, 11) is -3.90. The van der Waals surface area contributed by atoms with Gasteiger partial charge in [-0.25, -0.2) is 17.8 Å². The fourth-order valence-electron chi connectivity index (χ4n) is 3.12. The molecule has 0 N–H and O–H groups in total. The van der Waals surface area contributed by atoms with E-state index in [0.717, 1.165) is 16.5 Å². The lowest BCUT2D eigenvalue weighted by atomic mass is 10.2. The minimum absolute atomic E-state index is 0.171. The Balaban J connectivity index is 1.87. The molecule has 0 spiro atoms. The SMILES string of the molecule is Cc1ccc(S(=O)(=O)[N-][N+]2(n3ccc4ccccc43)C=CC=CC2Br)cc1. The summed E-state index contributed by atoms with van der Waals surface area (Å²) in [6.07, 6.45) is 9.17. The molecule has 27 heavy (non-hydrogen) atoms. The van der Waals surface area contributed by atoms with Crippen LogP contribution in [-0.4, -0.2) is 18.0 Å². The van der Waals surface area contributed by atoms with Gasteiger partial charge in [0.2, 0.25) is 0 Å². The van der Waals surface area contributed by atoms with Gasteiger partial charge in [-0.15, -0.1) is 0 Å². The largest absolute Gasteiger partial charge is 0.301 e. The number of fused-ring (bicyclic) bond motifs is 1. The van der Waals surface area contributed by atoms with Crippen LogP contribution in [0.2, 0.25) is 0 Å². The second-order valence-corrected chi connectivity index (χ2v) is 8.91. The summed E-state index contributed by atoms with van der Waals surface area (Å²) in [5.74, 6) is 0. The summed E-state index contributed by atoms with van der Waals surface area (Å²) in [5.41, 5.74) is 1.89. The number of rotatable bonds is 4. The van der Waals surface area contributed by atoms with Crippen molar-refractivity contribution in [3.05, 3.63) is 95.6 Å². The molecule has 2 atom stereocenters. The molecule has 138 valence electrons. The normalized spacial score (nSPS) is 22.4. The zero-order valence-corrected chi connectivity index (χ0v) is 17.0. The Bertz CT molecular complexity index is 1150. The van der Waals surface area contributed by atoms with E-state index in [-0.39, 0.29) is 14.5 Å². The first-order valence-corrected chi connectivity index (χ1v) is 10.8. The average Bonchev–Trinajstić information content (AvgIpc) is 3.09. The summed E-state index contributed by atoms with van der Waals surface area (Å²) >= 11 is 3.61. The van der Waals surface area contributed by atoms with E-state index < -0.39 is 10.0 Å². The first-order valence-electron chi connectivity index (χ1n) is 8.44. The van der Waals surface area contributed by atoms with Gasteiger partial charge in [0.25, 0.3) is 0 Å². The number of alkyl halides is 1. The molecule has 0 aliphatic carbocycles. The van der Waals surface area contributed by atoms with Crippen LogP contribution in [-0.2, 0) is 10.0 Å². The number of hydrogen-bond donors (Lipinski definition) is 0. The number of aryl methyl sites for hydroxylation is 1. The Hall–Kier alpha value is -2.19. The zero-order valence-electron chi connectivity index (χ0n) is 14.6. The van der Waals surface area contributed by atoms with Gasteiger partial charge < -0.3 is 4.83 Å². The Morgan fingerprint density at radius 1 is 1.04 bits per heavy atom. The van der Waals surface area contributed by atoms with Crippen LogP contribution in [0.3, 0.4) is 0 Å². The van der Waals surface area contributed by atoms with Crippen LogP contribution < -0.4 is 4.70 Å². The van der Waals surface area contributed by atoms with Gasteiger partial charge in [-0.05, 0) is 59.3 Å². The molecule has 0 saturated carbocycles. The van der Waals surface area contributed by atoms with Gasteiger partial charge in [-0.2, -0.15) is 0 Å². The molecule has 1 aromatic heterocycles. The summed E-state index contributed by atoms with van der Waals surface area (Å²) < 4.78 is 27.8. The van der Waals surface area contributed by atoms with Crippen LogP contribution in [0, 0.1) is 6.92 Å². The van der Waals surface area contributed by atoms with Crippen molar-refractivity contribution in [2.24, 2.45) is 0 Å². The number of para-hydroxylation sites is 1. The smallest absolute Gasteiger partial charge is 0.181 e. The molecule has 0 radical (unpaired) electrons. The van der Waals surface area contributed by atoms with Crippen molar-refractivity contribution >= 4 is 36.9 Å². The van der Waals surface area contributed by atoms with Crippen LogP contribution in [0.5, 0.6) is 0 Å². The van der Waals surface area contributed by atoms with Gasteiger partial charge in [-0.3, -0.25) is 0 Å². The number of halogens is 1. The molecular weight excluding hydrogens is 426 g/mol. The minimum atomic E-state index is -3.90. The number of aromatic nitrogens is 1. The molecule has 0 fully saturated rings. The predicted molar refractivity (Wildman–Crippen MR) is 112 cm³/mol. The number of allylic oxidation sites excluding steroid dienone is 2. The molecule has 7 heteroatoms. The highest BCUT2D eigenvalue weighted by Crippen LogP contribution is 2.35. The Labute approximate surface area is 166 Å². The first-order chi connectivity index (χ1) is 12.9. The van der Waals surface area contributed by atoms with Crippen molar-refractivity contribution in [2.45, 2.75) is 16.8 Å². The minimum Gasteiger partial charge on any atom is -0.301 e. The van der Waals surface area contributed by atoms with Crippen molar-refractivity contribution < 1.29 is 8.42 Å². The van der Waals surface area contributed by atoms with Crippen LogP contribution in [0.1, 0.15) is 5.56 Å². The van der Waals surface area contributed by atoms with Gasteiger partial charge in [0.15, 0.2) is 4.95 Å². The lowest BCUT2D eigenvalue weighted by molar-refractivity contribution is 0.287. The maximum absolute atomic E-state index is 13.1. The van der Waals surface area contributed by atoms with Gasteiger partial charge in [0.05, 0.1) is 11.1 Å². The fourth-order valence-corrected chi connectivity index (χ4v) is 5.00. The van der Waals surface area contributed by atoms with Gasteiger partial charge in [-0.1, -0.05) is 42.0 Å². The summed E-state index contributed by atoms with van der Waals surface area (Å²) in [6, 6.07) is 16.5. The third-order valence-electron chi connectivity index (χ3n) is 4.53. The van der Waals surface area contributed by atoms with E-state index in [2.05, 4.69) is 20.8 Å². The molecule has 1 aliphatic heterocycles. The molecule has 2 aromatic carbocycles. The lowest BCUT2D eigenvalue weighted by Crippen LogP contribution is -2.55. The van der Waals surface area contributed by atoms with E-state index in [9.17, 15) is 8.42 Å². The Morgan fingerprint density at radius 3 is 2.52 bits per heavy atom. The molecular formula is C20H18BrN3O2S. The van der Waals surface area contributed by atoms with Crippen LogP contribution >= 0.6 is 15.9 Å². The van der Waals surface area contributed by atoms with Crippen molar-refractivity contribution in [2.75, 3.05) is 0 Å². The molecule has 3 aromatic rings. The first kappa shape index (κ1) is 18.2. The Kier molecular flexibility index (Phi) is 4.55. The second kappa shape index (κ2) is 6.76. The number of hydrogen-bond acceptors (Lipinski definition) is 2. The average molecular weight is 444 g/mol. The summed E-state index contributed by atoms with van der Waals surface area (Å²) in [5, 5.41) is 1.01.